The molecule has 0 unspecified atom stereocenters. The highest BCUT2D eigenvalue weighted by atomic mass is 16.5. The van der Waals surface area contributed by atoms with Gasteiger partial charge in [-0.1, -0.05) is 0 Å². The van der Waals surface area contributed by atoms with Crippen LogP contribution in [-0.4, -0.2) is 25.6 Å². The molecule has 1 aliphatic heterocycles. The molecule has 1 aliphatic rings. The number of carbonyl (C=O) groups excluding carboxylic acids is 1. The van der Waals surface area contributed by atoms with Gasteiger partial charge in [-0.25, -0.2) is 0 Å². The van der Waals surface area contributed by atoms with Crippen molar-refractivity contribution in [1.29, 1.82) is 5.26 Å². The van der Waals surface area contributed by atoms with E-state index in [1.807, 2.05) is 18.2 Å². The molecule has 1 heterocycles. The van der Waals surface area contributed by atoms with Crippen LogP contribution >= 0.6 is 0 Å². The molecule has 2 aromatic rings. The minimum absolute atomic E-state index is 0.0706. The lowest BCUT2D eigenvalue weighted by Gasteiger charge is -2.20. The number of nitrogens with one attached hydrogen (secondary N) is 1. The van der Waals surface area contributed by atoms with Crippen LogP contribution in [0.15, 0.2) is 42.5 Å². The molecule has 128 valence electrons. The van der Waals surface area contributed by atoms with E-state index in [4.69, 9.17) is 10.00 Å². The molecule has 0 aliphatic carbocycles. The number of nitriles is 1. The molecular weight excluding hydrogens is 314 g/mol. The third kappa shape index (κ3) is 4.30. The van der Waals surface area contributed by atoms with Gasteiger partial charge in [-0.15, -0.1) is 0 Å². The Balaban J connectivity index is 1.55. The fourth-order valence-electron chi connectivity index (χ4n) is 3.02. The van der Waals surface area contributed by atoms with Gasteiger partial charge in [0.25, 0.3) is 5.91 Å². The first-order valence-corrected chi connectivity index (χ1v) is 8.44. The minimum atomic E-state index is -0.210. The number of amides is 1. The Kier molecular flexibility index (Phi) is 5.20. The number of anilines is 2. The molecule has 0 radical (unpaired) electrons. The maximum Gasteiger partial charge on any atom is 0.262 e. The maximum atomic E-state index is 12.1. The van der Waals surface area contributed by atoms with Gasteiger partial charge in [-0.3, -0.25) is 4.79 Å². The van der Waals surface area contributed by atoms with Crippen molar-refractivity contribution in [3.63, 3.8) is 0 Å². The molecule has 25 heavy (non-hydrogen) atoms. The molecule has 1 amide bonds. The standard InChI is InChI=1S/C20H21N3O2/c1-15-12-17(6-9-19(15)23-10-2-3-11-23)22-20(24)14-25-18-7-4-16(13-21)5-8-18/h4-9,12H,2-3,10-11,14H2,1H3,(H,22,24). The van der Waals surface area contributed by atoms with E-state index in [9.17, 15) is 4.79 Å². The highest BCUT2D eigenvalue weighted by Gasteiger charge is 2.14. The summed E-state index contributed by atoms with van der Waals surface area (Å²) in [6.07, 6.45) is 2.48. The second-order valence-corrected chi connectivity index (χ2v) is 6.17. The Bertz CT molecular complexity index is 788. The Labute approximate surface area is 147 Å². The number of ether oxygens (including phenoxy) is 1. The fourth-order valence-corrected chi connectivity index (χ4v) is 3.02. The average Bonchev–Trinajstić information content (AvgIpc) is 3.15. The summed E-state index contributed by atoms with van der Waals surface area (Å²) in [6.45, 7) is 4.20. The number of hydrogen-bond acceptors (Lipinski definition) is 4. The van der Waals surface area contributed by atoms with Crippen LogP contribution in [-0.2, 0) is 4.79 Å². The third-order valence-electron chi connectivity index (χ3n) is 4.28. The number of hydrogen-bond donors (Lipinski definition) is 1. The smallest absolute Gasteiger partial charge is 0.262 e. The van der Waals surface area contributed by atoms with Crippen molar-refractivity contribution in [2.24, 2.45) is 0 Å². The van der Waals surface area contributed by atoms with E-state index in [0.29, 0.717) is 11.3 Å². The van der Waals surface area contributed by atoms with Gasteiger partial charge in [0, 0.05) is 24.5 Å². The Morgan fingerprint density at radius 2 is 1.92 bits per heavy atom. The van der Waals surface area contributed by atoms with Crippen molar-refractivity contribution >= 4 is 17.3 Å². The summed E-state index contributed by atoms with van der Waals surface area (Å²) in [5, 5.41) is 11.6. The molecule has 0 spiro atoms. The van der Waals surface area contributed by atoms with Crippen LogP contribution in [0.3, 0.4) is 0 Å². The molecule has 0 saturated carbocycles. The van der Waals surface area contributed by atoms with E-state index >= 15 is 0 Å². The van der Waals surface area contributed by atoms with Crippen LogP contribution in [0, 0.1) is 18.3 Å². The van der Waals surface area contributed by atoms with Crippen LogP contribution in [0.2, 0.25) is 0 Å². The van der Waals surface area contributed by atoms with E-state index in [0.717, 1.165) is 24.3 Å². The first-order valence-electron chi connectivity index (χ1n) is 8.44. The van der Waals surface area contributed by atoms with Crippen LogP contribution in [0.1, 0.15) is 24.0 Å². The van der Waals surface area contributed by atoms with Gasteiger partial charge in [0.1, 0.15) is 5.75 Å². The van der Waals surface area contributed by atoms with Crippen LogP contribution in [0.4, 0.5) is 11.4 Å². The van der Waals surface area contributed by atoms with E-state index in [1.165, 1.54) is 18.5 Å². The highest BCUT2D eigenvalue weighted by molar-refractivity contribution is 5.92. The number of rotatable bonds is 5. The highest BCUT2D eigenvalue weighted by Crippen LogP contribution is 2.26. The first-order chi connectivity index (χ1) is 12.2. The maximum absolute atomic E-state index is 12.1. The van der Waals surface area contributed by atoms with Crippen molar-refractivity contribution in [3.8, 4) is 11.8 Å². The Morgan fingerprint density at radius 1 is 1.20 bits per heavy atom. The zero-order valence-electron chi connectivity index (χ0n) is 14.3. The SMILES string of the molecule is Cc1cc(NC(=O)COc2ccc(C#N)cc2)ccc1N1CCCC1. The van der Waals surface area contributed by atoms with Crippen LogP contribution in [0.5, 0.6) is 5.75 Å². The average molecular weight is 335 g/mol. The van der Waals surface area contributed by atoms with Gasteiger partial charge >= 0.3 is 0 Å². The molecule has 1 saturated heterocycles. The molecule has 3 rings (SSSR count). The molecule has 2 aromatic carbocycles. The summed E-state index contributed by atoms with van der Waals surface area (Å²) in [5.74, 6) is 0.354. The fraction of sp³-hybridized carbons (Fsp3) is 0.300. The Hall–Kier alpha value is -3.00. The Morgan fingerprint density at radius 3 is 2.56 bits per heavy atom. The van der Waals surface area contributed by atoms with Crippen molar-refractivity contribution in [3.05, 3.63) is 53.6 Å². The summed E-state index contributed by atoms with van der Waals surface area (Å²) in [7, 11) is 0. The van der Waals surface area contributed by atoms with Crippen molar-refractivity contribution in [2.75, 3.05) is 29.9 Å². The molecular formula is C20H21N3O2. The third-order valence-corrected chi connectivity index (χ3v) is 4.28. The van der Waals surface area contributed by atoms with Crippen LogP contribution < -0.4 is 15.0 Å². The zero-order valence-corrected chi connectivity index (χ0v) is 14.3. The molecule has 0 bridgehead atoms. The lowest BCUT2D eigenvalue weighted by Crippen LogP contribution is -2.21. The van der Waals surface area contributed by atoms with Gasteiger partial charge < -0.3 is 15.0 Å². The normalized spacial score (nSPS) is 13.4. The molecule has 5 nitrogen and oxygen atoms in total. The predicted octanol–water partition coefficient (Wildman–Crippen LogP) is 3.48. The second-order valence-electron chi connectivity index (χ2n) is 6.17. The molecule has 0 aromatic heterocycles. The summed E-state index contributed by atoms with van der Waals surface area (Å²) in [6, 6.07) is 14.7. The van der Waals surface area contributed by atoms with Gasteiger partial charge in [-0.05, 0) is 67.8 Å². The first kappa shape index (κ1) is 16.8. The quantitative estimate of drug-likeness (QED) is 0.908. The topological polar surface area (TPSA) is 65.4 Å². The summed E-state index contributed by atoms with van der Waals surface area (Å²) in [4.78, 5) is 14.4. The summed E-state index contributed by atoms with van der Waals surface area (Å²) >= 11 is 0. The van der Waals surface area contributed by atoms with E-state index < -0.39 is 0 Å². The van der Waals surface area contributed by atoms with Gasteiger partial charge in [0.15, 0.2) is 6.61 Å². The molecule has 1 fully saturated rings. The van der Waals surface area contributed by atoms with Gasteiger partial charge in [-0.2, -0.15) is 5.26 Å². The van der Waals surface area contributed by atoms with Crippen molar-refractivity contribution < 1.29 is 9.53 Å². The lowest BCUT2D eigenvalue weighted by atomic mass is 10.1. The molecule has 0 atom stereocenters. The second kappa shape index (κ2) is 7.71. The van der Waals surface area contributed by atoms with Crippen molar-refractivity contribution in [1.82, 2.24) is 0 Å². The number of benzene rings is 2. The van der Waals surface area contributed by atoms with E-state index in [-0.39, 0.29) is 12.5 Å². The largest absolute Gasteiger partial charge is 0.484 e. The number of nitrogens with zero attached hydrogens (tertiary/aromatic N) is 2. The monoisotopic (exact) mass is 335 g/mol. The molecule has 5 heteroatoms. The molecule has 1 N–H and O–H groups in total. The van der Waals surface area contributed by atoms with Crippen molar-refractivity contribution in [2.45, 2.75) is 19.8 Å². The number of carbonyl (C=O) groups is 1. The number of aryl methyl sites for hydroxylation is 1. The lowest BCUT2D eigenvalue weighted by molar-refractivity contribution is -0.118. The summed E-state index contributed by atoms with van der Waals surface area (Å²) < 4.78 is 5.45. The van der Waals surface area contributed by atoms with Crippen LogP contribution in [0.25, 0.3) is 0 Å². The van der Waals surface area contributed by atoms with Gasteiger partial charge in [0.2, 0.25) is 0 Å². The van der Waals surface area contributed by atoms with Gasteiger partial charge in [0.05, 0.1) is 11.6 Å². The zero-order chi connectivity index (χ0) is 17.6. The minimum Gasteiger partial charge on any atom is -0.484 e. The summed E-state index contributed by atoms with van der Waals surface area (Å²) in [5.41, 5.74) is 3.73. The predicted molar refractivity (Wildman–Crippen MR) is 97.9 cm³/mol. The van der Waals surface area contributed by atoms with E-state index in [1.54, 1.807) is 24.3 Å². The van der Waals surface area contributed by atoms with E-state index in [2.05, 4.69) is 23.2 Å².